The SMILES string of the molecule is COc1ccc(-c2nc3sc4c(n3n2)CCN(C(=O)Nc2ccc(Br)c(C)c2)C4)cc1. The predicted molar refractivity (Wildman–Crippen MR) is 125 cm³/mol. The lowest BCUT2D eigenvalue weighted by Crippen LogP contribution is -2.38. The lowest BCUT2D eigenvalue weighted by atomic mass is 10.2. The summed E-state index contributed by atoms with van der Waals surface area (Å²) in [5.41, 5.74) is 3.96. The number of amides is 2. The van der Waals surface area contributed by atoms with E-state index >= 15 is 0 Å². The fourth-order valence-electron chi connectivity index (χ4n) is 3.65. The highest BCUT2D eigenvalue weighted by Crippen LogP contribution is 2.30. The average molecular weight is 498 g/mol. The van der Waals surface area contributed by atoms with Crippen LogP contribution < -0.4 is 10.1 Å². The number of hydrogen-bond acceptors (Lipinski definition) is 5. The second kappa shape index (κ2) is 7.97. The van der Waals surface area contributed by atoms with Crippen LogP contribution in [-0.4, -0.2) is 39.2 Å². The van der Waals surface area contributed by atoms with Gasteiger partial charge in [-0.2, -0.15) is 4.98 Å². The van der Waals surface area contributed by atoms with E-state index in [0.29, 0.717) is 18.9 Å². The summed E-state index contributed by atoms with van der Waals surface area (Å²) in [5, 5.41) is 7.72. The molecule has 2 aromatic carbocycles. The van der Waals surface area contributed by atoms with E-state index in [4.69, 9.17) is 14.8 Å². The summed E-state index contributed by atoms with van der Waals surface area (Å²) in [6.07, 6.45) is 0.744. The van der Waals surface area contributed by atoms with Gasteiger partial charge < -0.3 is 15.0 Å². The van der Waals surface area contributed by atoms with Crippen LogP contribution in [0, 0.1) is 6.92 Å². The summed E-state index contributed by atoms with van der Waals surface area (Å²) in [6, 6.07) is 13.4. The standard InChI is InChI=1S/C22H20BrN5O2S/c1-13-11-15(5-8-17(13)23)24-21(29)27-10-9-18-19(12-27)31-22-25-20(26-28(18)22)14-3-6-16(30-2)7-4-14/h3-8,11H,9-10,12H2,1-2H3,(H,24,29). The number of thiazole rings is 1. The Bertz CT molecular complexity index is 1280. The highest BCUT2D eigenvalue weighted by Gasteiger charge is 2.26. The molecule has 0 saturated carbocycles. The van der Waals surface area contributed by atoms with E-state index in [1.165, 1.54) is 0 Å². The van der Waals surface area contributed by atoms with Crippen LogP contribution in [0.2, 0.25) is 0 Å². The number of carbonyl (C=O) groups is 1. The lowest BCUT2D eigenvalue weighted by Gasteiger charge is -2.26. The number of methoxy groups -OCH3 is 1. The Balaban J connectivity index is 1.34. The third-order valence-corrected chi connectivity index (χ3v) is 7.31. The highest BCUT2D eigenvalue weighted by atomic mass is 79.9. The van der Waals surface area contributed by atoms with Crippen molar-refractivity contribution in [3.8, 4) is 17.1 Å². The van der Waals surface area contributed by atoms with Crippen LogP contribution in [-0.2, 0) is 13.0 Å². The molecule has 0 saturated heterocycles. The first kappa shape index (κ1) is 20.0. The molecule has 3 heterocycles. The third-order valence-electron chi connectivity index (χ3n) is 5.37. The maximum atomic E-state index is 12.8. The molecule has 2 aromatic heterocycles. The Morgan fingerprint density at radius 3 is 2.77 bits per heavy atom. The molecule has 1 N–H and O–H groups in total. The number of aromatic nitrogens is 3. The molecule has 4 aromatic rings. The van der Waals surface area contributed by atoms with E-state index in [-0.39, 0.29) is 6.03 Å². The highest BCUT2D eigenvalue weighted by molar-refractivity contribution is 9.10. The monoisotopic (exact) mass is 497 g/mol. The largest absolute Gasteiger partial charge is 0.497 e. The number of anilines is 1. The van der Waals surface area contributed by atoms with Gasteiger partial charge in [-0.05, 0) is 55.0 Å². The fraction of sp³-hybridized carbons (Fsp3) is 0.227. The molecule has 1 aliphatic heterocycles. The summed E-state index contributed by atoms with van der Waals surface area (Å²) < 4.78 is 8.17. The van der Waals surface area contributed by atoms with Crippen LogP contribution in [0.3, 0.4) is 0 Å². The van der Waals surface area contributed by atoms with Crippen molar-refractivity contribution in [2.24, 2.45) is 0 Å². The normalized spacial score (nSPS) is 13.3. The number of fused-ring (bicyclic) bond motifs is 3. The molecule has 0 aliphatic carbocycles. The van der Waals surface area contributed by atoms with Crippen molar-refractivity contribution < 1.29 is 9.53 Å². The van der Waals surface area contributed by atoms with E-state index in [2.05, 4.69) is 21.2 Å². The third kappa shape index (κ3) is 3.79. The molecule has 0 atom stereocenters. The number of aryl methyl sites for hydroxylation is 1. The number of carbonyl (C=O) groups excluding carboxylic acids is 1. The van der Waals surface area contributed by atoms with Gasteiger partial charge in [0.25, 0.3) is 0 Å². The van der Waals surface area contributed by atoms with Crippen LogP contribution in [0.25, 0.3) is 16.3 Å². The number of nitrogens with one attached hydrogen (secondary N) is 1. The Morgan fingerprint density at radius 1 is 1.23 bits per heavy atom. The van der Waals surface area contributed by atoms with Crippen molar-refractivity contribution >= 4 is 43.9 Å². The van der Waals surface area contributed by atoms with E-state index in [9.17, 15) is 4.79 Å². The van der Waals surface area contributed by atoms with Crippen LogP contribution in [0.15, 0.2) is 46.9 Å². The molecule has 0 radical (unpaired) electrons. The van der Waals surface area contributed by atoms with Crippen molar-refractivity contribution in [2.45, 2.75) is 19.9 Å². The second-order valence-corrected chi connectivity index (χ2v) is 9.31. The predicted octanol–water partition coefficient (Wildman–Crippen LogP) is 5.13. The molecule has 0 spiro atoms. The maximum absolute atomic E-state index is 12.8. The van der Waals surface area contributed by atoms with Gasteiger partial charge >= 0.3 is 6.03 Å². The van der Waals surface area contributed by atoms with E-state index in [0.717, 1.165) is 49.0 Å². The Morgan fingerprint density at radius 2 is 2.03 bits per heavy atom. The number of urea groups is 1. The number of halogens is 1. The van der Waals surface area contributed by atoms with Gasteiger partial charge in [-0.1, -0.05) is 27.3 Å². The minimum absolute atomic E-state index is 0.0923. The zero-order valence-electron chi connectivity index (χ0n) is 17.1. The van der Waals surface area contributed by atoms with Gasteiger partial charge in [0, 0.05) is 33.6 Å². The zero-order valence-corrected chi connectivity index (χ0v) is 19.5. The summed E-state index contributed by atoms with van der Waals surface area (Å²) in [4.78, 5) is 21.3. The van der Waals surface area contributed by atoms with Gasteiger partial charge in [0.15, 0.2) is 5.82 Å². The van der Waals surface area contributed by atoms with E-state index in [1.807, 2.05) is 58.8 Å². The van der Waals surface area contributed by atoms with Gasteiger partial charge in [0.05, 0.1) is 19.3 Å². The minimum atomic E-state index is -0.0923. The molecule has 0 fully saturated rings. The van der Waals surface area contributed by atoms with Crippen LogP contribution >= 0.6 is 27.3 Å². The van der Waals surface area contributed by atoms with Gasteiger partial charge in [-0.25, -0.2) is 9.31 Å². The van der Waals surface area contributed by atoms with Crippen molar-refractivity contribution in [1.29, 1.82) is 0 Å². The maximum Gasteiger partial charge on any atom is 0.322 e. The van der Waals surface area contributed by atoms with Crippen molar-refractivity contribution in [3.63, 3.8) is 0 Å². The summed E-state index contributed by atoms with van der Waals surface area (Å²) in [5.74, 6) is 1.50. The van der Waals surface area contributed by atoms with Gasteiger partial charge in [-0.3, -0.25) is 0 Å². The summed E-state index contributed by atoms with van der Waals surface area (Å²) in [6.45, 7) is 3.20. The number of hydrogen-bond donors (Lipinski definition) is 1. The summed E-state index contributed by atoms with van der Waals surface area (Å²) >= 11 is 5.08. The molecule has 7 nitrogen and oxygen atoms in total. The van der Waals surface area contributed by atoms with Crippen LogP contribution in [0.1, 0.15) is 16.1 Å². The molecular formula is C22H20BrN5O2S. The topological polar surface area (TPSA) is 71.8 Å². The van der Waals surface area contributed by atoms with Gasteiger partial charge in [0.2, 0.25) is 4.96 Å². The molecule has 1 aliphatic rings. The molecular weight excluding hydrogens is 478 g/mol. The average Bonchev–Trinajstić information content (AvgIpc) is 3.34. The fourth-order valence-corrected chi connectivity index (χ4v) is 5.01. The van der Waals surface area contributed by atoms with Crippen LogP contribution in [0.5, 0.6) is 5.75 Å². The number of ether oxygens (including phenoxy) is 1. The Labute approximate surface area is 191 Å². The Hall–Kier alpha value is -2.91. The van der Waals surface area contributed by atoms with Crippen molar-refractivity contribution in [3.05, 3.63) is 63.1 Å². The zero-order chi connectivity index (χ0) is 21.5. The first-order chi connectivity index (χ1) is 15.0. The molecule has 5 rings (SSSR count). The first-order valence-corrected chi connectivity index (χ1v) is 11.5. The van der Waals surface area contributed by atoms with Gasteiger partial charge in [-0.15, -0.1) is 5.10 Å². The molecule has 9 heteroatoms. The molecule has 0 bridgehead atoms. The smallest absolute Gasteiger partial charge is 0.322 e. The Kier molecular flexibility index (Phi) is 5.15. The van der Waals surface area contributed by atoms with Crippen molar-refractivity contribution in [2.75, 3.05) is 19.0 Å². The van der Waals surface area contributed by atoms with E-state index in [1.54, 1.807) is 18.4 Å². The van der Waals surface area contributed by atoms with Gasteiger partial charge in [0.1, 0.15) is 5.75 Å². The number of nitrogens with zero attached hydrogens (tertiary/aromatic N) is 4. The molecule has 158 valence electrons. The summed E-state index contributed by atoms with van der Waals surface area (Å²) in [7, 11) is 1.65. The first-order valence-electron chi connectivity index (χ1n) is 9.85. The van der Waals surface area contributed by atoms with E-state index < -0.39 is 0 Å². The molecule has 2 amide bonds. The minimum Gasteiger partial charge on any atom is -0.497 e. The molecule has 31 heavy (non-hydrogen) atoms. The van der Waals surface area contributed by atoms with Crippen LogP contribution in [0.4, 0.5) is 10.5 Å². The number of rotatable bonds is 3. The van der Waals surface area contributed by atoms with Crippen molar-refractivity contribution in [1.82, 2.24) is 19.5 Å². The number of benzene rings is 2. The second-order valence-electron chi connectivity index (χ2n) is 7.40. The quantitative estimate of drug-likeness (QED) is 0.425. The lowest BCUT2D eigenvalue weighted by molar-refractivity contribution is 0.206. The molecule has 0 unspecified atom stereocenters.